The van der Waals surface area contributed by atoms with E-state index >= 15 is 0 Å². The van der Waals surface area contributed by atoms with Crippen LogP contribution in [0.3, 0.4) is 0 Å². The molecule has 4 heteroatoms. The number of hydrogen-bond donors (Lipinski definition) is 1. The summed E-state index contributed by atoms with van der Waals surface area (Å²) in [6, 6.07) is 7.61. The maximum absolute atomic E-state index is 12.4. The molecule has 0 saturated heterocycles. The molecule has 1 aromatic rings. The second kappa shape index (κ2) is 5.65. The van der Waals surface area contributed by atoms with Gasteiger partial charge in [-0.1, -0.05) is 31.4 Å². The van der Waals surface area contributed by atoms with Crippen molar-refractivity contribution in [2.24, 2.45) is 0 Å². The van der Waals surface area contributed by atoms with Crippen LogP contribution in [0, 0.1) is 0 Å². The van der Waals surface area contributed by atoms with E-state index in [1.54, 1.807) is 11.0 Å². The fourth-order valence-electron chi connectivity index (χ4n) is 3.12. The van der Waals surface area contributed by atoms with E-state index in [-0.39, 0.29) is 11.8 Å². The largest absolute Gasteiger partial charge is 0.335 e. The zero-order chi connectivity index (χ0) is 13.9. The third-order valence-electron chi connectivity index (χ3n) is 4.24. The number of nitrogens with one attached hydrogen (secondary N) is 1. The highest BCUT2D eigenvalue weighted by Gasteiger charge is 2.28. The summed E-state index contributed by atoms with van der Waals surface area (Å²) < 4.78 is 0. The van der Waals surface area contributed by atoms with Gasteiger partial charge in [-0.25, -0.2) is 4.79 Å². The Hall–Kier alpha value is -1.84. The highest BCUT2D eigenvalue weighted by Crippen LogP contribution is 2.27. The third kappa shape index (κ3) is 2.55. The van der Waals surface area contributed by atoms with Crippen LogP contribution in [0.25, 0.3) is 0 Å². The number of hydrogen-bond acceptors (Lipinski definition) is 2. The number of amides is 2. The molecule has 1 fully saturated rings. The Balaban J connectivity index is 1.75. The van der Waals surface area contributed by atoms with Crippen molar-refractivity contribution in [3.63, 3.8) is 0 Å². The number of anilines is 1. The zero-order valence-corrected chi connectivity index (χ0v) is 11.6. The summed E-state index contributed by atoms with van der Waals surface area (Å²) in [6.45, 7) is 0.481. The molecule has 1 saturated carbocycles. The lowest BCUT2D eigenvalue weighted by atomic mass is 9.95. The van der Waals surface area contributed by atoms with Gasteiger partial charge in [0.2, 0.25) is 0 Å². The molecule has 1 N–H and O–H groups in total. The van der Waals surface area contributed by atoms with E-state index in [1.807, 2.05) is 18.2 Å². The van der Waals surface area contributed by atoms with Gasteiger partial charge < -0.3 is 5.32 Å². The second-order valence-electron chi connectivity index (χ2n) is 5.63. The lowest BCUT2D eigenvalue weighted by molar-refractivity contribution is 0.0981. The highest BCUT2D eigenvalue weighted by atomic mass is 16.2. The number of carbonyl (C=O) groups is 2. The van der Waals surface area contributed by atoms with Crippen molar-refractivity contribution >= 4 is 17.5 Å². The Morgan fingerprint density at radius 2 is 1.90 bits per heavy atom. The van der Waals surface area contributed by atoms with Gasteiger partial charge in [0.15, 0.2) is 5.78 Å². The summed E-state index contributed by atoms with van der Waals surface area (Å²) >= 11 is 0. The minimum atomic E-state index is -0.0585. The molecule has 0 unspecified atom stereocenters. The van der Waals surface area contributed by atoms with E-state index in [1.165, 1.54) is 19.3 Å². The Morgan fingerprint density at radius 1 is 1.15 bits per heavy atom. The first-order valence-electron chi connectivity index (χ1n) is 7.46. The lowest BCUT2D eigenvalue weighted by Gasteiger charge is -2.31. The Labute approximate surface area is 119 Å². The van der Waals surface area contributed by atoms with Gasteiger partial charge in [0.1, 0.15) is 0 Å². The number of para-hydroxylation sites is 1. The average Bonchev–Trinajstić information content (AvgIpc) is 2.49. The first-order chi connectivity index (χ1) is 9.75. The van der Waals surface area contributed by atoms with Crippen LogP contribution in [0.1, 0.15) is 48.9 Å². The molecule has 106 valence electrons. The van der Waals surface area contributed by atoms with E-state index in [9.17, 15) is 9.59 Å². The predicted octanol–water partition coefficient (Wildman–Crippen LogP) is 3.12. The van der Waals surface area contributed by atoms with Crippen molar-refractivity contribution < 1.29 is 9.59 Å². The molecule has 20 heavy (non-hydrogen) atoms. The molecule has 2 amide bonds. The number of ketones is 1. The highest BCUT2D eigenvalue weighted by molar-refractivity contribution is 6.08. The van der Waals surface area contributed by atoms with Crippen molar-refractivity contribution in [2.45, 2.75) is 44.6 Å². The summed E-state index contributed by atoms with van der Waals surface area (Å²) in [5, 5.41) is 3.12. The Kier molecular flexibility index (Phi) is 3.72. The lowest BCUT2D eigenvalue weighted by Crippen LogP contribution is -2.48. The van der Waals surface area contributed by atoms with Gasteiger partial charge in [-0.15, -0.1) is 0 Å². The minimum Gasteiger partial charge on any atom is -0.335 e. The second-order valence-corrected chi connectivity index (χ2v) is 5.63. The number of rotatable bonds is 1. The maximum Gasteiger partial charge on any atom is 0.322 e. The van der Waals surface area contributed by atoms with Gasteiger partial charge in [0.25, 0.3) is 0 Å². The summed E-state index contributed by atoms with van der Waals surface area (Å²) in [5.41, 5.74) is 1.41. The fraction of sp³-hybridized carbons (Fsp3) is 0.500. The fourth-order valence-corrected chi connectivity index (χ4v) is 3.12. The van der Waals surface area contributed by atoms with Gasteiger partial charge in [-0.2, -0.15) is 0 Å². The van der Waals surface area contributed by atoms with E-state index in [2.05, 4.69) is 5.32 Å². The van der Waals surface area contributed by atoms with Gasteiger partial charge in [-0.3, -0.25) is 9.69 Å². The molecule has 1 heterocycles. The molecule has 2 aliphatic rings. The number of carbonyl (C=O) groups excluding carboxylic acids is 2. The van der Waals surface area contributed by atoms with Crippen molar-refractivity contribution in [3.8, 4) is 0 Å². The van der Waals surface area contributed by atoms with Gasteiger partial charge in [-0.05, 0) is 25.0 Å². The minimum absolute atomic E-state index is 0.0585. The zero-order valence-electron chi connectivity index (χ0n) is 11.6. The van der Waals surface area contributed by atoms with E-state index < -0.39 is 0 Å². The molecule has 0 atom stereocenters. The van der Waals surface area contributed by atoms with Crippen molar-refractivity contribution in [3.05, 3.63) is 29.8 Å². The van der Waals surface area contributed by atoms with Crippen LogP contribution in [0.2, 0.25) is 0 Å². The molecule has 3 rings (SSSR count). The first kappa shape index (κ1) is 13.2. The van der Waals surface area contributed by atoms with Crippen LogP contribution < -0.4 is 10.2 Å². The summed E-state index contributed by atoms with van der Waals surface area (Å²) in [4.78, 5) is 26.0. The Bertz CT molecular complexity index is 521. The number of benzene rings is 1. The van der Waals surface area contributed by atoms with Crippen molar-refractivity contribution in [2.75, 3.05) is 11.4 Å². The van der Waals surface area contributed by atoms with Crippen LogP contribution in [0.5, 0.6) is 0 Å². The standard InChI is InChI=1S/C16H20N2O2/c19-15-10-11-18(14-9-5-4-8-13(14)15)16(20)17-12-6-2-1-3-7-12/h4-5,8-9,12H,1-3,6-7,10-11H2,(H,17,20). The third-order valence-corrected chi connectivity index (χ3v) is 4.24. The molecule has 1 aliphatic carbocycles. The van der Waals surface area contributed by atoms with Gasteiger partial charge >= 0.3 is 6.03 Å². The van der Waals surface area contributed by atoms with E-state index in [0.717, 1.165) is 18.5 Å². The van der Waals surface area contributed by atoms with Crippen LogP contribution in [-0.2, 0) is 0 Å². The smallest absolute Gasteiger partial charge is 0.322 e. The number of urea groups is 1. The normalized spacial score (nSPS) is 19.6. The molecule has 0 spiro atoms. The van der Waals surface area contributed by atoms with Crippen molar-refractivity contribution in [1.82, 2.24) is 5.32 Å². The number of Topliss-reactive ketones (excluding diaryl/α,β-unsaturated/α-hetero) is 1. The molecule has 0 aromatic heterocycles. The average molecular weight is 272 g/mol. The van der Waals surface area contributed by atoms with E-state index in [4.69, 9.17) is 0 Å². The van der Waals surface area contributed by atoms with Crippen LogP contribution in [0.15, 0.2) is 24.3 Å². The van der Waals surface area contributed by atoms with Crippen LogP contribution >= 0.6 is 0 Å². The molecule has 0 radical (unpaired) electrons. The molecular formula is C16H20N2O2. The van der Waals surface area contributed by atoms with Gasteiger partial charge in [0, 0.05) is 24.6 Å². The molecule has 1 aromatic carbocycles. The van der Waals surface area contributed by atoms with Gasteiger partial charge in [0.05, 0.1) is 5.69 Å². The first-order valence-corrected chi connectivity index (χ1v) is 7.46. The number of fused-ring (bicyclic) bond motifs is 1. The molecule has 1 aliphatic heterocycles. The monoisotopic (exact) mass is 272 g/mol. The summed E-state index contributed by atoms with van der Waals surface area (Å²) in [6.07, 6.45) is 6.21. The SMILES string of the molecule is O=C1CCN(C(=O)NC2CCCCC2)c2ccccc21. The summed E-state index contributed by atoms with van der Waals surface area (Å²) in [5.74, 6) is 0.127. The molecular weight excluding hydrogens is 252 g/mol. The topological polar surface area (TPSA) is 49.4 Å². The summed E-state index contributed by atoms with van der Waals surface area (Å²) in [7, 11) is 0. The number of nitrogens with zero attached hydrogens (tertiary/aromatic N) is 1. The van der Waals surface area contributed by atoms with Crippen LogP contribution in [-0.4, -0.2) is 24.4 Å². The van der Waals surface area contributed by atoms with E-state index in [0.29, 0.717) is 24.6 Å². The predicted molar refractivity (Wildman–Crippen MR) is 78.1 cm³/mol. The quantitative estimate of drug-likeness (QED) is 0.854. The van der Waals surface area contributed by atoms with Crippen LogP contribution in [0.4, 0.5) is 10.5 Å². The molecule has 0 bridgehead atoms. The Morgan fingerprint density at radius 3 is 2.70 bits per heavy atom. The maximum atomic E-state index is 12.4. The molecule has 4 nitrogen and oxygen atoms in total. The van der Waals surface area contributed by atoms with Crippen molar-refractivity contribution in [1.29, 1.82) is 0 Å².